The Morgan fingerprint density at radius 3 is 2.56 bits per heavy atom. The number of hydrogen-bond donors (Lipinski definition) is 1. The van der Waals surface area contributed by atoms with Gasteiger partial charge in [-0.2, -0.15) is 4.98 Å². The number of amides is 2. The summed E-state index contributed by atoms with van der Waals surface area (Å²) in [6.07, 6.45) is 1.90. The molecule has 0 radical (unpaired) electrons. The number of benzene rings is 1. The van der Waals surface area contributed by atoms with Gasteiger partial charge in [-0.25, -0.2) is 23.2 Å². The Bertz CT molecular complexity index is 2630. The highest BCUT2D eigenvalue weighted by Gasteiger charge is 2.61. The molecule has 310 valence electrons. The fourth-order valence-corrected chi connectivity index (χ4v) is 11.0. The number of nitrogens with one attached hydrogen (secondary N) is 1. The van der Waals surface area contributed by atoms with E-state index in [-0.39, 0.29) is 49.7 Å². The van der Waals surface area contributed by atoms with Crippen LogP contribution in [0.4, 0.5) is 0 Å². The lowest BCUT2D eigenvalue weighted by molar-refractivity contribution is -0.144. The number of carbonyl (C=O) groups is 4. The van der Waals surface area contributed by atoms with Gasteiger partial charge in [0, 0.05) is 35.9 Å². The minimum atomic E-state index is -3.89. The average molecular weight is 880 g/mol. The molecule has 18 heteroatoms. The Morgan fingerprint density at radius 1 is 1.14 bits per heavy atom. The topological polar surface area (TPSA) is 188 Å². The van der Waals surface area contributed by atoms with Gasteiger partial charge in [0.2, 0.25) is 27.4 Å². The number of esters is 1. The number of thiophene rings is 1. The number of methoxy groups -OCH3 is 1. The zero-order chi connectivity index (χ0) is 42.0. The Labute approximate surface area is 353 Å². The van der Waals surface area contributed by atoms with Gasteiger partial charge in [-0.1, -0.05) is 50.6 Å². The average Bonchev–Trinajstić information content (AvgIpc) is 3.92. The summed E-state index contributed by atoms with van der Waals surface area (Å²) in [4.78, 5) is 71.8. The minimum Gasteiger partial charge on any atom is -0.470 e. The molecule has 8 rings (SSSR count). The number of ketones is 1. The molecule has 3 aliphatic rings. The highest BCUT2D eigenvalue weighted by atomic mass is 35.5. The first-order valence-electron chi connectivity index (χ1n) is 19.2. The zero-order valence-corrected chi connectivity index (χ0v) is 35.9. The number of aromatic nitrogens is 3. The van der Waals surface area contributed by atoms with E-state index in [0.29, 0.717) is 49.6 Å². The summed E-state index contributed by atoms with van der Waals surface area (Å²) in [5.41, 5.74) is -0.444. The fourth-order valence-electron chi connectivity index (χ4n) is 7.83. The Kier molecular flexibility index (Phi) is 10.7. The molecule has 1 N–H and O–H groups in total. The number of sulfonamides is 1. The Hall–Kier alpha value is -4.71. The lowest BCUT2D eigenvalue weighted by Crippen LogP contribution is -2.48. The maximum absolute atomic E-state index is 15.0. The molecule has 5 atom stereocenters. The molecule has 2 saturated carbocycles. The van der Waals surface area contributed by atoms with Crippen molar-refractivity contribution in [2.24, 2.45) is 22.7 Å². The fraction of sp³-hybridized carbons (Fsp3) is 0.439. The van der Waals surface area contributed by atoms with Crippen molar-refractivity contribution in [1.29, 1.82) is 0 Å². The van der Waals surface area contributed by atoms with Crippen LogP contribution < -0.4 is 9.46 Å². The van der Waals surface area contributed by atoms with Crippen molar-refractivity contribution in [2.75, 3.05) is 13.7 Å². The second-order valence-corrected chi connectivity index (χ2v) is 21.1. The molecule has 4 aromatic heterocycles. The molecule has 1 saturated heterocycles. The van der Waals surface area contributed by atoms with Crippen LogP contribution in [0.2, 0.25) is 4.34 Å². The number of furan rings is 1. The number of nitrogens with zero attached hydrogens (tertiary/aromatic N) is 4. The number of para-hydroxylation sites is 1. The third-order valence-corrected chi connectivity index (χ3v) is 15.3. The number of allylic oxidation sites excluding steroid dienone is 1. The second kappa shape index (κ2) is 15.4. The molecular weight excluding hydrogens is 838 g/mol. The van der Waals surface area contributed by atoms with Crippen molar-refractivity contribution in [3.63, 3.8) is 0 Å². The SMILES string of the molecule is C=C[C@@H]1C[C@]1(CC(=O)[C@@H]1C[C@@H](Oc2nc(-c3ccc(Cl)s3)nc3c2oc2ccccc23)CN1C(=O)[C@@H](Cc1nc(C(=O)OC)cs1)C(C)(C)C)C(=O)NS(=O)(=O)C1CC1. The van der Waals surface area contributed by atoms with Gasteiger partial charge in [-0.3, -0.25) is 19.1 Å². The van der Waals surface area contributed by atoms with Gasteiger partial charge in [-0.05, 0) is 54.9 Å². The summed E-state index contributed by atoms with van der Waals surface area (Å²) in [5, 5.41) is 2.24. The number of ether oxygens (including phenoxy) is 2. The number of thiazole rings is 1. The van der Waals surface area contributed by atoms with Crippen LogP contribution in [0.5, 0.6) is 5.88 Å². The monoisotopic (exact) mass is 879 g/mol. The second-order valence-electron chi connectivity index (χ2n) is 16.5. The number of hydrogen-bond acceptors (Lipinski definition) is 14. The van der Waals surface area contributed by atoms with E-state index in [9.17, 15) is 27.6 Å². The van der Waals surface area contributed by atoms with E-state index in [1.165, 1.54) is 34.7 Å². The van der Waals surface area contributed by atoms with Crippen LogP contribution in [-0.2, 0) is 35.6 Å². The van der Waals surface area contributed by atoms with Crippen LogP contribution in [0.1, 0.15) is 68.4 Å². The van der Waals surface area contributed by atoms with Crippen molar-refractivity contribution in [2.45, 2.75) is 76.7 Å². The van der Waals surface area contributed by atoms with Crippen LogP contribution >= 0.6 is 34.3 Å². The number of rotatable bonds is 14. The van der Waals surface area contributed by atoms with E-state index in [1.54, 1.807) is 17.5 Å². The smallest absolute Gasteiger partial charge is 0.357 e. The molecule has 2 amide bonds. The van der Waals surface area contributed by atoms with Gasteiger partial charge in [0.25, 0.3) is 5.88 Å². The van der Waals surface area contributed by atoms with Crippen LogP contribution in [0.3, 0.4) is 0 Å². The van der Waals surface area contributed by atoms with Crippen molar-refractivity contribution in [3.05, 3.63) is 69.5 Å². The first-order valence-corrected chi connectivity index (χ1v) is 22.8. The maximum atomic E-state index is 15.0. The van der Waals surface area contributed by atoms with Gasteiger partial charge in [0.1, 0.15) is 17.2 Å². The molecule has 3 fully saturated rings. The van der Waals surface area contributed by atoms with E-state index in [1.807, 2.05) is 51.1 Å². The van der Waals surface area contributed by atoms with Crippen molar-refractivity contribution in [1.82, 2.24) is 24.6 Å². The van der Waals surface area contributed by atoms with Crippen molar-refractivity contribution in [3.8, 4) is 16.6 Å². The lowest BCUT2D eigenvalue weighted by atomic mass is 9.77. The van der Waals surface area contributed by atoms with Gasteiger partial charge in [-0.15, -0.1) is 29.3 Å². The molecule has 59 heavy (non-hydrogen) atoms. The molecular formula is C41H42ClN5O9S3. The van der Waals surface area contributed by atoms with Gasteiger partial charge >= 0.3 is 5.97 Å². The summed E-state index contributed by atoms with van der Waals surface area (Å²) in [6.45, 7) is 9.58. The summed E-state index contributed by atoms with van der Waals surface area (Å²) >= 11 is 8.83. The van der Waals surface area contributed by atoms with E-state index in [4.69, 9.17) is 35.5 Å². The summed E-state index contributed by atoms with van der Waals surface area (Å²) in [6, 6.07) is 9.92. The van der Waals surface area contributed by atoms with Gasteiger partial charge < -0.3 is 18.8 Å². The number of Topliss-reactive ketones (excluding diaryl/α,β-unsaturated/α-hetero) is 1. The molecule has 0 bridgehead atoms. The van der Waals surface area contributed by atoms with E-state index in [2.05, 4.69) is 16.3 Å². The Morgan fingerprint density at radius 2 is 1.90 bits per heavy atom. The molecule has 5 aromatic rings. The maximum Gasteiger partial charge on any atom is 0.357 e. The zero-order valence-electron chi connectivity index (χ0n) is 32.7. The standard InChI is InChI=1S/C41H42ClN5O9S3/c1-6-21-17-41(21,39(51)46-59(52,53)23-11-12-23)18-28(48)27-15-22(19-47(27)37(49)25(40(2,3)4)16-32-43-26(20-57-32)38(50)54-5)55-36-34-33(24-9-7-8-10-29(24)56-34)44-35(45-36)30-13-14-31(42)58-30/h6-10,13-14,20-23,25,27H,1,11-12,15-19H2,2-5H3,(H,46,51)/t21-,22-,25-,27+,41-/m1/s1. The van der Waals surface area contributed by atoms with Crippen LogP contribution in [0.15, 0.2) is 58.9 Å². The third kappa shape index (κ3) is 8.01. The summed E-state index contributed by atoms with van der Waals surface area (Å²) in [5.74, 6) is -2.73. The number of fused-ring (bicyclic) bond motifs is 3. The molecule has 2 aliphatic carbocycles. The van der Waals surface area contributed by atoms with Gasteiger partial charge in [0.05, 0.1) is 44.6 Å². The van der Waals surface area contributed by atoms with Crippen LogP contribution in [0.25, 0.3) is 32.8 Å². The van der Waals surface area contributed by atoms with E-state index in [0.717, 1.165) is 5.39 Å². The Balaban J connectivity index is 1.14. The lowest BCUT2D eigenvalue weighted by Gasteiger charge is -2.35. The number of likely N-dealkylation sites (tertiary alicyclic amines) is 1. The quantitative estimate of drug-likeness (QED) is 0.0889. The molecule has 5 heterocycles. The van der Waals surface area contributed by atoms with Gasteiger partial charge in [0.15, 0.2) is 17.3 Å². The normalized spacial score (nSPS) is 22.3. The number of carbonyl (C=O) groups excluding carboxylic acids is 4. The first kappa shape index (κ1) is 41.0. The summed E-state index contributed by atoms with van der Waals surface area (Å²) in [7, 11) is -2.62. The largest absolute Gasteiger partial charge is 0.470 e. The first-order chi connectivity index (χ1) is 28.0. The third-order valence-electron chi connectivity index (χ3n) is 11.4. The molecule has 1 aliphatic heterocycles. The van der Waals surface area contributed by atoms with Crippen LogP contribution in [0, 0.1) is 22.7 Å². The highest BCUT2D eigenvalue weighted by molar-refractivity contribution is 7.90. The van der Waals surface area contributed by atoms with Crippen LogP contribution in [-0.4, -0.2) is 82.9 Å². The van der Waals surface area contributed by atoms with Crippen molar-refractivity contribution >= 4 is 89.9 Å². The molecule has 0 spiro atoms. The van der Waals surface area contributed by atoms with Crippen molar-refractivity contribution < 1.29 is 41.5 Å². The predicted octanol–water partition coefficient (Wildman–Crippen LogP) is 7.01. The van der Waals surface area contributed by atoms with E-state index < -0.39 is 67.7 Å². The minimum absolute atomic E-state index is 0.0148. The molecule has 0 unspecified atom stereocenters. The summed E-state index contributed by atoms with van der Waals surface area (Å²) < 4.78 is 46.2. The predicted molar refractivity (Wildman–Crippen MR) is 223 cm³/mol. The molecule has 1 aromatic carbocycles. The number of halogens is 1. The molecule has 14 nitrogen and oxygen atoms in total. The highest BCUT2D eigenvalue weighted by Crippen LogP contribution is 2.57. The van der Waals surface area contributed by atoms with E-state index >= 15 is 0 Å².